The highest BCUT2D eigenvalue weighted by Gasteiger charge is 2.11. The fraction of sp³-hybridized carbons (Fsp3) is 0.438. The fourth-order valence-electron chi connectivity index (χ4n) is 2.28. The highest BCUT2D eigenvalue weighted by atomic mass is 16.5. The minimum atomic E-state index is 0.617. The van der Waals surface area contributed by atoms with Gasteiger partial charge in [0, 0.05) is 24.2 Å². The summed E-state index contributed by atoms with van der Waals surface area (Å²) in [7, 11) is 1.66. The summed E-state index contributed by atoms with van der Waals surface area (Å²) in [5.41, 5.74) is 3.10. The van der Waals surface area contributed by atoms with Gasteiger partial charge in [-0.15, -0.1) is 0 Å². The zero-order valence-electron chi connectivity index (χ0n) is 13.0. The number of ether oxygens (including phenoxy) is 2. The first-order chi connectivity index (χ1) is 10.2. The third-order valence-corrected chi connectivity index (χ3v) is 3.36. The van der Waals surface area contributed by atoms with E-state index in [-0.39, 0.29) is 0 Å². The second-order valence-electron chi connectivity index (χ2n) is 4.79. The van der Waals surface area contributed by atoms with Crippen molar-refractivity contribution in [2.24, 2.45) is 0 Å². The van der Waals surface area contributed by atoms with E-state index in [1.165, 1.54) is 0 Å². The largest absolute Gasteiger partial charge is 0.493 e. The average Bonchev–Trinajstić information content (AvgIpc) is 2.79. The maximum absolute atomic E-state index is 5.58. The average molecular weight is 290 g/mol. The van der Waals surface area contributed by atoms with Crippen molar-refractivity contribution in [2.45, 2.75) is 33.9 Å². The molecule has 2 rings (SSSR count). The van der Waals surface area contributed by atoms with Crippen LogP contribution in [0.4, 0.5) is 0 Å². The third kappa shape index (κ3) is 3.55. The number of rotatable bonds is 7. The minimum Gasteiger partial charge on any atom is -0.493 e. The van der Waals surface area contributed by atoms with Gasteiger partial charge in [0.15, 0.2) is 11.5 Å². The molecule has 1 aromatic heterocycles. The van der Waals surface area contributed by atoms with Gasteiger partial charge in [0.2, 0.25) is 0 Å². The summed E-state index contributed by atoms with van der Waals surface area (Å²) < 4.78 is 16.2. The second-order valence-corrected chi connectivity index (χ2v) is 4.79. The summed E-state index contributed by atoms with van der Waals surface area (Å²) in [6.45, 7) is 7.85. The van der Waals surface area contributed by atoms with Crippen molar-refractivity contribution in [3.05, 3.63) is 40.8 Å². The Balaban J connectivity index is 2.05. The normalized spacial score (nSPS) is 10.7. The van der Waals surface area contributed by atoms with Crippen LogP contribution in [-0.4, -0.2) is 18.9 Å². The predicted molar refractivity (Wildman–Crippen MR) is 80.7 cm³/mol. The second kappa shape index (κ2) is 7.13. The number of aryl methyl sites for hydroxylation is 2. The van der Waals surface area contributed by atoms with Crippen LogP contribution in [-0.2, 0) is 13.1 Å². The first-order valence-corrected chi connectivity index (χ1v) is 7.08. The molecule has 0 radical (unpaired) electrons. The van der Waals surface area contributed by atoms with Gasteiger partial charge in [-0.3, -0.25) is 0 Å². The van der Waals surface area contributed by atoms with Crippen molar-refractivity contribution in [2.75, 3.05) is 13.7 Å². The van der Waals surface area contributed by atoms with Gasteiger partial charge in [0.1, 0.15) is 5.76 Å². The van der Waals surface area contributed by atoms with Gasteiger partial charge in [0.05, 0.1) is 19.4 Å². The Morgan fingerprint density at radius 2 is 2.05 bits per heavy atom. The summed E-state index contributed by atoms with van der Waals surface area (Å²) in [5.74, 6) is 2.41. The lowest BCUT2D eigenvalue weighted by Gasteiger charge is -2.14. The molecule has 114 valence electrons. The molecule has 0 saturated heterocycles. The molecule has 1 aromatic carbocycles. The Morgan fingerprint density at radius 3 is 2.67 bits per heavy atom. The molecule has 0 bridgehead atoms. The van der Waals surface area contributed by atoms with Crippen LogP contribution < -0.4 is 14.8 Å². The SMILES string of the molecule is CCOc1cccc(CNCc2c(C)noc2C)c1OC. The summed E-state index contributed by atoms with van der Waals surface area (Å²) in [5, 5.41) is 7.35. The molecular weight excluding hydrogens is 268 g/mol. The Labute approximate surface area is 125 Å². The van der Waals surface area contributed by atoms with Crippen LogP contribution in [0, 0.1) is 13.8 Å². The van der Waals surface area contributed by atoms with E-state index < -0.39 is 0 Å². The Kier molecular flexibility index (Phi) is 5.22. The van der Waals surface area contributed by atoms with Crippen molar-refractivity contribution in [1.29, 1.82) is 0 Å². The fourth-order valence-corrected chi connectivity index (χ4v) is 2.28. The molecule has 5 heteroatoms. The van der Waals surface area contributed by atoms with Crippen molar-refractivity contribution in [3.8, 4) is 11.5 Å². The molecule has 0 saturated carbocycles. The van der Waals surface area contributed by atoms with Gasteiger partial charge in [0.25, 0.3) is 0 Å². The minimum absolute atomic E-state index is 0.617. The molecule has 21 heavy (non-hydrogen) atoms. The van der Waals surface area contributed by atoms with Gasteiger partial charge in [-0.25, -0.2) is 0 Å². The van der Waals surface area contributed by atoms with Crippen LogP contribution in [0.3, 0.4) is 0 Å². The third-order valence-electron chi connectivity index (χ3n) is 3.36. The molecule has 0 aliphatic carbocycles. The Hall–Kier alpha value is -2.01. The number of nitrogens with one attached hydrogen (secondary N) is 1. The quantitative estimate of drug-likeness (QED) is 0.849. The zero-order valence-corrected chi connectivity index (χ0v) is 13.0. The van der Waals surface area contributed by atoms with Gasteiger partial charge < -0.3 is 19.3 Å². The Bertz CT molecular complexity index is 574. The molecule has 1 N–H and O–H groups in total. The summed E-state index contributed by atoms with van der Waals surface area (Å²) in [6, 6.07) is 5.92. The topological polar surface area (TPSA) is 56.5 Å². The molecule has 0 amide bonds. The maximum Gasteiger partial charge on any atom is 0.165 e. The zero-order chi connectivity index (χ0) is 15.2. The smallest absolute Gasteiger partial charge is 0.165 e. The molecule has 0 aliphatic heterocycles. The van der Waals surface area contributed by atoms with Crippen molar-refractivity contribution in [3.63, 3.8) is 0 Å². The molecular formula is C16H22N2O3. The number of nitrogens with zero attached hydrogens (tertiary/aromatic N) is 1. The van der Waals surface area contributed by atoms with E-state index in [0.717, 1.165) is 34.1 Å². The number of aromatic nitrogens is 1. The van der Waals surface area contributed by atoms with Gasteiger partial charge in [-0.2, -0.15) is 0 Å². The van der Waals surface area contributed by atoms with E-state index in [9.17, 15) is 0 Å². The lowest BCUT2D eigenvalue weighted by Crippen LogP contribution is -2.14. The molecule has 0 unspecified atom stereocenters. The van der Waals surface area contributed by atoms with E-state index in [1.54, 1.807) is 7.11 Å². The molecule has 0 atom stereocenters. The molecule has 0 aliphatic rings. The first kappa shape index (κ1) is 15.4. The van der Waals surface area contributed by atoms with Crippen molar-refractivity contribution < 1.29 is 14.0 Å². The highest BCUT2D eigenvalue weighted by Crippen LogP contribution is 2.31. The van der Waals surface area contributed by atoms with Gasteiger partial charge in [-0.05, 0) is 26.8 Å². The monoisotopic (exact) mass is 290 g/mol. The summed E-state index contributed by atoms with van der Waals surface area (Å²) in [6.07, 6.45) is 0. The van der Waals surface area contributed by atoms with Crippen LogP contribution in [0.15, 0.2) is 22.7 Å². The van der Waals surface area contributed by atoms with Crippen molar-refractivity contribution in [1.82, 2.24) is 10.5 Å². The van der Waals surface area contributed by atoms with E-state index in [2.05, 4.69) is 10.5 Å². The van der Waals surface area contributed by atoms with Crippen molar-refractivity contribution >= 4 is 0 Å². The van der Waals surface area contributed by atoms with E-state index in [4.69, 9.17) is 14.0 Å². The number of methoxy groups -OCH3 is 1. The standard InChI is InChI=1S/C16H22N2O3/c1-5-20-15-8-6-7-13(16(15)19-4)9-17-10-14-11(2)18-21-12(14)3/h6-8,17H,5,9-10H2,1-4H3. The predicted octanol–water partition coefficient (Wildman–Crippen LogP) is 2.99. The van der Waals surface area contributed by atoms with Crippen LogP contribution in [0.25, 0.3) is 0 Å². The summed E-state index contributed by atoms with van der Waals surface area (Å²) in [4.78, 5) is 0. The van der Waals surface area contributed by atoms with Gasteiger partial charge >= 0.3 is 0 Å². The number of hydrogen-bond acceptors (Lipinski definition) is 5. The van der Waals surface area contributed by atoms with E-state index in [0.29, 0.717) is 19.7 Å². The molecule has 0 spiro atoms. The number of para-hydroxylation sites is 1. The van der Waals surface area contributed by atoms with Gasteiger partial charge in [-0.1, -0.05) is 17.3 Å². The lowest BCUT2D eigenvalue weighted by molar-refractivity contribution is 0.308. The van der Waals surface area contributed by atoms with Crippen LogP contribution in [0.2, 0.25) is 0 Å². The first-order valence-electron chi connectivity index (χ1n) is 7.08. The lowest BCUT2D eigenvalue weighted by atomic mass is 10.1. The molecule has 2 aromatic rings. The van der Waals surface area contributed by atoms with Crippen LogP contribution >= 0.6 is 0 Å². The van der Waals surface area contributed by atoms with E-state index in [1.807, 2.05) is 39.0 Å². The van der Waals surface area contributed by atoms with Crippen LogP contribution in [0.1, 0.15) is 29.5 Å². The highest BCUT2D eigenvalue weighted by molar-refractivity contribution is 5.46. The number of hydrogen-bond donors (Lipinski definition) is 1. The molecule has 1 heterocycles. The van der Waals surface area contributed by atoms with Crippen LogP contribution in [0.5, 0.6) is 11.5 Å². The van der Waals surface area contributed by atoms with E-state index >= 15 is 0 Å². The Morgan fingerprint density at radius 1 is 1.24 bits per heavy atom. The maximum atomic E-state index is 5.58. The number of benzene rings is 1. The molecule has 5 nitrogen and oxygen atoms in total. The summed E-state index contributed by atoms with van der Waals surface area (Å²) >= 11 is 0. The molecule has 0 fully saturated rings.